The lowest BCUT2D eigenvalue weighted by molar-refractivity contribution is 0.580. The number of hydrogen-bond donors (Lipinski definition) is 1. The third-order valence-electron chi connectivity index (χ3n) is 3.05. The minimum absolute atomic E-state index is 0.157. The van der Waals surface area contributed by atoms with Gasteiger partial charge in [-0.1, -0.05) is 26.0 Å². The first-order valence-corrected chi connectivity index (χ1v) is 7.51. The maximum atomic E-state index is 12.1. The number of sulfonamides is 1. The molecule has 0 amide bonds. The summed E-state index contributed by atoms with van der Waals surface area (Å²) in [5, 5.41) is 0. The normalized spacial score (nSPS) is 16.5. The molecule has 2 rings (SSSR count). The fourth-order valence-corrected chi connectivity index (χ4v) is 3.35. The van der Waals surface area contributed by atoms with Crippen LogP contribution in [0.1, 0.15) is 43.7 Å². The van der Waals surface area contributed by atoms with Crippen LogP contribution in [0.3, 0.4) is 0 Å². The van der Waals surface area contributed by atoms with E-state index in [1.165, 1.54) is 5.56 Å². The summed E-state index contributed by atoms with van der Waals surface area (Å²) in [6.07, 6.45) is 1.92. The van der Waals surface area contributed by atoms with Gasteiger partial charge in [0, 0.05) is 6.04 Å². The van der Waals surface area contributed by atoms with Crippen LogP contribution in [0.4, 0.5) is 0 Å². The minimum Gasteiger partial charge on any atom is -0.208 e. The number of aryl methyl sites for hydroxylation is 1. The molecule has 1 aliphatic carbocycles. The first kappa shape index (κ1) is 12.6. The molecule has 0 bridgehead atoms. The summed E-state index contributed by atoms with van der Waals surface area (Å²) in [5.74, 6) is 0.418. The average molecular weight is 253 g/mol. The van der Waals surface area contributed by atoms with Gasteiger partial charge in [0.15, 0.2) is 0 Å². The summed E-state index contributed by atoms with van der Waals surface area (Å²) < 4.78 is 26.9. The topological polar surface area (TPSA) is 46.2 Å². The molecule has 1 aliphatic rings. The van der Waals surface area contributed by atoms with Crippen LogP contribution in [0.5, 0.6) is 0 Å². The van der Waals surface area contributed by atoms with Crippen molar-refractivity contribution in [2.75, 3.05) is 0 Å². The van der Waals surface area contributed by atoms with Crippen LogP contribution >= 0.6 is 0 Å². The quantitative estimate of drug-likeness (QED) is 0.896. The van der Waals surface area contributed by atoms with Gasteiger partial charge in [0.2, 0.25) is 10.0 Å². The molecule has 1 aromatic rings. The molecule has 0 aliphatic heterocycles. The van der Waals surface area contributed by atoms with E-state index in [4.69, 9.17) is 0 Å². The monoisotopic (exact) mass is 253 g/mol. The Morgan fingerprint density at radius 1 is 1.29 bits per heavy atom. The fourth-order valence-electron chi connectivity index (χ4n) is 1.82. The minimum atomic E-state index is -3.32. The van der Waals surface area contributed by atoms with E-state index in [0.717, 1.165) is 18.4 Å². The van der Waals surface area contributed by atoms with Gasteiger partial charge in [-0.2, -0.15) is 0 Å². The number of hydrogen-bond acceptors (Lipinski definition) is 2. The summed E-state index contributed by atoms with van der Waals surface area (Å²) >= 11 is 0. The molecule has 1 N–H and O–H groups in total. The zero-order valence-electron chi connectivity index (χ0n) is 10.5. The predicted octanol–water partition coefficient (Wildman–Crippen LogP) is 2.56. The van der Waals surface area contributed by atoms with Gasteiger partial charge < -0.3 is 0 Å². The van der Waals surface area contributed by atoms with Gasteiger partial charge in [0.05, 0.1) is 4.90 Å². The zero-order valence-corrected chi connectivity index (χ0v) is 11.3. The number of benzene rings is 1. The molecule has 1 aromatic carbocycles. The Morgan fingerprint density at radius 3 is 2.41 bits per heavy atom. The Hall–Kier alpha value is -0.870. The fraction of sp³-hybridized carbons (Fsp3) is 0.538. The van der Waals surface area contributed by atoms with Crippen molar-refractivity contribution in [3.63, 3.8) is 0 Å². The van der Waals surface area contributed by atoms with Crippen LogP contribution < -0.4 is 4.72 Å². The lowest BCUT2D eigenvalue weighted by Crippen LogP contribution is -2.26. The Balaban J connectivity index is 2.32. The van der Waals surface area contributed by atoms with Crippen molar-refractivity contribution in [2.24, 2.45) is 0 Å². The molecule has 4 heteroatoms. The molecule has 94 valence electrons. The Kier molecular flexibility index (Phi) is 3.27. The van der Waals surface area contributed by atoms with Gasteiger partial charge in [-0.15, -0.1) is 0 Å². The lowest BCUT2D eigenvalue weighted by atomic mass is 10.0. The molecule has 0 aromatic heterocycles. The van der Waals surface area contributed by atoms with Gasteiger partial charge >= 0.3 is 0 Å². The molecule has 0 unspecified atom stereocenters. The zero-order chi connectivity index (χ0) is 12.6. The number of rotatable bonds is 4. The summed E-state index contributed by atoms with van der Waals surface area (Å²) in [6.45, 7) is 6.06. The van der Waals surface area contributed by atoms with E-state index >= 15 is 0 Å². The summed E-state index contributed by atoms with van der Waals surface area (Å²) in [6, 6.07) is 5.74. The van der Waals surface area contributed by atoms with Crippen molar-refractivity contribution in [3.05, 3.63) is 29.3 Å². The summed E-state index contributed by atoms with van der Waals surface area (Å²) in [7, 11) is -3.32. The first-order valence-electron chi connectivity index (χ1n) is 6.03. The van der Waals surface area contributed by atoms with Crippen molar-refractivity contribution in [2.45, 2.75) is 50.5 Å². The first-order chi connectivity index (χ1) is 7.90. The molecule has 0 radical (unpaired) electrons. The molecule has 0 heterocycles. The van der Waals surface area contributed by atoms with Crippen molar-refractivity contribution in [1.82, 2.24) is 4.72 Å². The van der Waals surface area contributed by atoms with Crippen LogP contribution in [-0.4, -0.2) is 14.5 Å². The molecule has 1 fully saturated rings. The number of nitrogens with one attached hydrogen (secondary N) is 1. The Morgan fingerprint density at radius 2 is 1.94 bits per heavy atom. The highest BCUT2D eigenvalue weighted by Gasteiger charge is 2.28. The second-order valence-electron chi connectivity index (χ2n) is 5.08. The van der Waals surface area contributed by atoms with Crippen molar-refractivity contribution >= 4 is 10.0 Å². The van der Waals surface area contributed by atoms with Crippen molar-refractivity contribution in [1.29, 1.82) is 0 Å². The highest BCUT2D eigenvalue weighted by molar-refractivity contribution is 7.89. The molecule has 0 saturated heterocycles. The largest absolute Gasteiger partial charge is 0.241 e. The Labute approximate surface area is 103 Å². The van der Waals surface area contributed by atoms with E-state index in [2.05, 4.69) is 18.6 Å². The highest BCUT2D eigenvalue weighted by atomic mass is 32.2. The van der Waals surface area contributed by atoms with Gasteiger partial charge in [-0.25, -0.2) is 13.1 Å². The maximum absolute atomic E-state index is 12.1. The van der Waals surface area contributed by atoms with E-state index < -0.39 is 10.0 Å². The molecule has 1 saturated carbocycles. The molecule has 0 atom stereocenters. The summed E-state index contributed by atoms with van der Waals surface area (Å²) in [4.78, 5) is 0.411. The van der Waals surface area contributed by atoms with Crippen molar-refractivity contribution in [3.8, 4) is 0 Å². The van der Waals surface area contributed by atoms with E-state index in [0.29, 0.717) is 10.8 Å². The molecule has 17 heavy (non-hydrogen) atoms. The molecular formula is C13H19NO2S. The van der Waals surface area contributed by atoms with Gasteiger partial charge in [0.1, 0.15) is 0 Å². The average Bonchev–Trinajstić information content (AvgIpc) is 3.00. The molecule has 0 spiro atoms. The molecule has 3 nitrogen and oxygen atoms in total. The van der Waals surface area contributed by atoms with Crippen LogP contribution in [0.15, 0.2) is 23.1 Å². The predicted molar refractivity (Wildman–Crippen MR) is 68.6 cm³/mol. The maximum Gasteiger partial charge on any atom is 0.241 e. The van der Waals surface area contributed by atoms with Crippen molar-refractivity contribution < 1.29 is 8.42 Å². The SMILES string of the molecule is Cc1cc(C(C)C)ccc1S(=O)(=O)NC1CC1. The van der Waals surface area contributed by atoms with Crippen LogP contribution in [-0.2, 0) is 10.0 Å². The second-order valence-corrected chi connectivity index (χ2v) is 6.76. The Bertz CT molecular complexity index is 516. The van der Waals surface area contributed by atoms with E-state index in [1.54, 1.807) is 6.07 Å². The van der Waals surface area contributed by atoms with E-state index in [-0.39, 0.29) is 6.04 Å². The van der Waals surface area contributed by atoms with E-state index in [9.17, 15) is 8.42 Å². The van der Waals surface area contributed by atoms with Crippen LogP contribution in [0, 0.1) is 6.92 Å². The van der Waals surface area contributed by atoms with Crippen LogP contribution in [0.25, 0.3) is 0 Å². The molecular weight excluding hydrogens is 234 g/mol. The second kappa shape index (κ2) is 4.42. The van der Waals surface area contributed by atoms with Gasteiger partial charge in [-0.3, -0.25) is 0 Å². The summed E-state index contributed by atoms with van der Waals surface area (Å²) in [5.41, 5.74) is 2.00. The van der Waals surface area contributed by atoms with Gasteiger partial charge in [0.25, 0.3) is 0 Å². The standard InChI is InChI=1S/C13H19NO2S/c1-9(2)11-4-7-13(10(3)8-11)17(15,16)14-12-5-6-12/h4,7-9,12,14H,5-6H2,1-3H3. The third-order valence-corrected chi connectivity index (χ3v) is 4.74. The van der Waals surface area contributed by atoms with Crippen LogP contribution in [0.2, 0.25) is 0 Å². The lowest BCUT2D eigenvalue weighted by Gasteiger charge is -2.12. The smallest absolute Gasteiger partial charge is 0.208 e. The van der Waals surface area contributed by atoms with Gasteiger partial charge in [-0.05, 0) is 42.9 Å². The van der Waals surface area contributed by atoms with E-state index in [1.807, 2.05) is 19.1 Å². The highest BCUT2D eigenvalue weighted by Crippen LogP contribution is 2.25. The third kappa shape index (κ3) is 2.87.